The summed E-state index contributed by atoms with van der Waals surface area (Å²) in [6.07, 6.45) is 2.05. The summed E-state index contributed by atoms with van der Waals surface area (Å²) < 4.78 is 0. The van der Waals surface area contributed by atoms with Crippen LogP contribution in [0.4, 0.5) is 0 Å². The molecule has 0 radical (unpaired) electrons. The molecule has 0 heterocycles. The fourth-order valence-electron chi connectivity index (χ4n) is 2.89. The van der Waals surface area contributed by atoms with Gasteiger partial charge in [0.1, 0.15) is 0 Å². The molecule has 0 unspecified atom stereocenters. The molecule has 0 aromatic heterocycles. The van der Waals surface area contributed by atoms with E-state index in [1.165, 1.54) is 0 Å². The quantitative estimate of drug-likeness (QED) is 0.783. The van der Waals surface area contributed by atoms with Crippen LogP contribution < -0.4 is 0 Å². The number of rotatable bonds is 3. The number of nitrogens with zero attached hydrogens (tertiary/aromatic N) is 1. The second-order valence-corrected chi connectivity index (χ2v) is 6.26. The largest absolute Gasteiger partial charge is 0.341 e. The summed E-state index contributed by atoms with van der Waals surface area (Å²) in [6.45, 7) is 0.797. The summed E-state index contributed by atoms with van der Waals surface area (Å²) in [6, 6.07) is 13.9. The first-order chi connectivity index (χ1) is 9.65. The van der Waals surface area contributed by atoms with Crippen LogP contribution in [0.25, 0.3) is 10.8 Å². The van der Waals surface area contributed by atoms with Crippen molar-refractivity contribution in [1.82, 2.24) is 4.90 Å². The number of carbonyl (C=O) groups excluding carboxylic acids is 1. The molecule has 1 aliphatic rings. The molecule has 0 N–H and O–H groups in total. The molecule has 1 aliphatic carbocycles. The normalized spacial score (nSPS) is 21.5. The third kappa shape index (κ3) is 2.53. The predicted octanol–water partition coefficient (Wildman–Crippen LogP) is 3.93. The van der Waals surface area contributed by atoms with Crippen molar-refractivity contribution in [1.29, 1.82) is 0 Å². The molecule has 0 atom stereocenters. The van der Waals surface area contributed by atoms with E-state index in [1.807, 2.05) is 54.4 Å². The van der Waals surface area contributed by atoms with E-state index < -0.39 is 0 Å². The van der Waals surface area contributed by atoms with Gasteiger partial charge in [0.15, 0.2) is 0 Å². The monoisotopic (exact) mass is 287 g/mol. The first-order valence-electron chi connectivity index (χ1n) is 7.02. The molecule has 1 saturated carbocycles. The standard InChI is InChI=1S/C17H18ClNO/c1-19(11-12-9-14(18)10-12)17(20)16-8-4-6-13-5-2-3-7-15(13)16/h2-8,12,14H,9-11H2,1H3. The van der Waals surface area contributed by atoms with Crippen molar-refractivity contribution in [2.75, 3.05) is 13.6 Å². The van der Waals surface area contributed by atoms with Crippen molar-refractivity contribution >= 4 is 28.3 Å². The summed E-state index contributed by atoms with van der Waals surface area (Å²) in [5.74, 6) is 0.654. The van der Waals surface area contributed by atoms with Crippen LogP contribution in [0.5, 0.6) is 0 Å². The lowest BCUT2D eigenvalue weighted by molar-refractivity contribution is 0.0749. The maximum absolute atomic E-state index is 12.6. The minimum absolute atomic E-state index is 0.0971. The first kappa shape index (κ1) is 13.4. The van der Waals surface area contributed by atoms with Crippen LogP contribution in [0.1, 0.15) is 23.2 Å². The Morgan fingerprint density at radius 3 is 2.65 bits per heavy atom. The molecule has 0 bridgehead atoms. The number of alkyl halides is 1. The van der Waals surface area contributed by atoms with Gasteiger partial charge in [0, 0.05) is 24.5 Å². The second-order valence-electron chi connectivity index (χ2n) is 5.65. The molecule has 1 fully saturated rings. The van der Waals surface area contributed by atoms with E-state index in [0.717, 1.165) is 35.7 Å². The van der Waals surface area contributed by atoms with Crippen LogP contribution in [-0.4, -0.2) is 29.8 Å². The predicted molar refractivity (Wildman–Crippen MR) is 83.3 cm³/mol. The van der Waals surface area contributed by atoms with E-state index >= 15 is 0 Å². The van der Waals surface area contributed by atoms with Gasteiger partial charge in [-0.25, -0.2) is 0 Å². The average Bonchev–Trinajstić information content (AvgIpc) is 2.44. The lowest BCUT2D eigenvalue weighted by atomic mass is 9.84. The van der Waals surface area contributed by atoms with Crippen molar-refractivity contribution in [3.8, 4) is 0 Å². The van der Waals surface area contributed by atoms with Crippen LogP contribution in [-0.2, 0) is 0 Å². The third-order valence-corrected chi connectivity index (χ3v) is 4.43. The van der Waals surface area contributed by atoms with Crippen molar-refractivity contribution in [2.24, 2.45) is 5.92 Å². The zero-order valence-corrected chi connectivity index (χ0v) is 12.3. The molecular weight excluding hydrogens is 270 g/mol. The van der Waals surface area contributed by atoms with E-state index in [-0.39, 0.29) is 5.91 Å². The first-order valence-corrected chi connectivity index (χ1v) is 7.46. The Bertz CT molecular complexity index is 628. The Hall–Kier alpha value is -1.54. The maximum Gasteiger partial charge on any atom is 0.254 e. The molecule has 0 spiro atoms. The summed E-state index contributed by atoms with van der Waals surface area (Å²) in [5.41, 5.74) is 0.785. The van der Waals surface area contributed by atoms with Crippen molar-refractivity contribution < 1.29 is 4.79 Å². The summed E-state index contributed by atoms with van der Waals surface area (Å²) in [4.78, 5) is 14.4. The number of hydrogen-bond donors (Lipinski definition) is 0. The van der Waals surface area contributed by atoms with Gasteiger partial charge in [0.2, 0.25) is 0 Å². The van der Waals surface area contributed by atoms with E-state index in [9.17, 15) is 4.79 Å². The van der Waals surface area contributed by atoms with Gasteiger partial charge in [-0.1, -0.05) is 36.4 Å². The van der Waals surface area contributed by atoms with Gasteiger partial charge < -0.3 is 4.90 Å². The number of amides is 1. The lowest BCUT2D eigenvalue weighted by Crippen LogP contribution is -2.38. The van der Waals surface area contributed by atoms with Crippen molar-refractivity contribution in [3.05, 3.63) is 48.0 Å². The summed E-state index contributed by atoms with van der Waals surface area (Å²) in [7, 11) is 1.88. The minimum atomic E-state index is 0.0971. The third-order valence-electron chi connectivity index (χ3n) is 4.08. The number of benzene rings is 2. The highest BCUT2D eigenvalue weighted by Crippen LogP contribution is 2.32. The van der Waals surface area contributed by atoms with Crippen LogP contribution >= 0.6 is 11.6 Å². The SMILES string of the molecule is CN(CC1CC(Cl)C1)C(=O)c1cccc2ccccc12. The molecule has 3 rings (SSSR count). The van der Waals surface area contributed by atoms with Gasteiger partial charge in [-0.05, 0) is 35.6 Å². The van der Waals surface area contributed by atoms with Crippen LogP contribution in [0, 0.1) is 5.92 Å². The van der Waals surface area contributed by atoms with Gasteiger partial charge >= 0.3 is 0 Å². The molecular formula is C17H18ClNO. The van der Waals surface area contributed by atoms with Gasteiger partial charge in [-0.2, -0.15) is 0 Å². The van der Waals surface area contributed by atoms with E-state index in [4.69, 9.17) is 11.6 Å². The Kier molecular flexibility index (Phi) is 3.66. The van der Waals surface area contributed by atoms with Gasteiger partial charge in [0.25, 0.3) is 5.91 Å². The molecule has 1 amide bonds. The van der Waals surface area contributed by atoms with E-state index in [2.05, 4.69) is 0 Å². The Labute approximate surface area is 124 Å². The highest BCUT2D eigenvalue weighted by Gasteiger charge is 2.29. The molecule has 2 nitrogen and oxygen atoms in total. The van der Waals surface area contributed by atoms with Crippen LogP contribution in [0.2, 0.25) is 0 Å². The van der Waals surface area contributed by atoms with E-state index in [0.29, 0.717) is 11.3 Å². The molecule has 2 aromatic rings. The fraction of sp³-hybridized carbons (Fsp3) is 0.353. The molecule has 3 heteroatoms. The van der Waals surface area contributed by atoms with E-state index in [1.54, 1.807) is 0 Å². The fourth-order valence-corrected chi connectivity index (χ4v) is 3.40. The molecule has 2 aromatic carbocycles. The van der Waals surface area contributed by atoms with Crippen LogP contribution in [0.15, 0.2) is 42.5 Å². The zero-order chi connectivity index (χ0) is 14.1. The second kappa shape index (κ2) is 5.45. The number of hydrogen-bond acceptors (Lipinski definition) is 1. The van der Waals surface area contributed by atoms with Crippen molar-refractivity contribution in [2.45, 2.75) is 18.2 Å². The Morgan fingerprint density at radius 2 is 1.90 bits per heavy atom. The number of fused-ring (bicyclic) bond motifs is 1. The Morgan fingerprint density at radius 1 is 1.20 bits per heavy atom. The summed E-state index contributed by atoms with van der Waals surface area (Å²) in [5, 5.41) is 2.44. The molecule has 104 valence electrons. The Balaban J connectivity index is 1.81. The molecule has 0 aliphatic heterocycles. The van der Waals surface area contributed by atoms with Crippen molar-refractivity contribution in [3.63, 3.8) is 0 Å². The topological polar surface area (TPSA) is 20.3 Å². The molecule has 20 heavy (non-hydrogen) atoms. The van der Waals surface area contributed by atoms with Gasteiger partial charge in [-0.3, -0.25) is 4.79 Å². The maximum atomic E-state index is 12.6. The number of carbonyl (C=O) groups is 1. The van der Waals surface area contributed by atoms with Gasteiger partial charge in [-0.15, -0.1) is 11.6 Å². The molecule has 0 saturated heterocycles. The zero-order valence-electron chi connectivity index (χ0n) is 11.6. The smallest absolute Gasteiger partial charge is 0.254 e. The highest BCUT2D eigenvalue weighted by atomic mass is 35.5. The lowest BCUT2D eigenvalue weighted by Gasteiger charge is -2.34. The highest BCUT2D eigenvalue weighted by molar-refractivity contribution is 6.21. The van der Waals surface area contributed by atoms with Gasteiger partial charge in [0.05, 0.1) is 0 Å². The van der Waals surface area contributed by atoms with Crippen LogP contribution in [0.3, 0.4) is 0 Å². The summed E-state index contributed by atoms with van der Waals surface area (Å²) >= 11 is 6.00. The number of halogens is 1. The average molecular weight is 288 g/mol. The minimum Gasteiger partial charge on any atom is -0.341 e.